The molecule has 1 aromatic carbocycles. The number of carbonyl (C=O) groups excluding carboxylic acids is 2. The lowest BCUT2D eigenvalue weighted by atomic mass is 9.89. The van der Waals surface area contributed by atoms with Crippen LogP contribution in [0.1, 0.15) is 81.4 Å². The van der Waals surface area contributed by atoms with E-state index in [0.717, 1.165) is 16.7 Å². The Morgan fingerprint density at radius 3 is 2.28 bits per heavy atom. The number of benzene rings is 1. The normalized spacial score (nSPS) is 17.8. The van der Waals surface area contributed by atoms with E-state index in [-0.39, 0.29) is 49.9 Å². The predicted molar refractivity (Wildman–Crippen MR) is 145 cm³/mol. The number of alkyl halides is 3. The summed E-state index contributed by atoms with van der Waals surface area (Å²) in [5.74, 6) is 0.168. The zero-order valence-corrected chi connectivity index (χ0v) is 23.7. The summed E-state index contributed by atoms with van der Waals surface area (Å²) in [6.45, 7) is 5.97. The molecular weight excluding hydrogens is 533 g/mol. The van der Waals surface area contributed by atoms with Crippen LogP contribution < -0.4 is 10.6 Å². The van der Waals surface area contributed by atoms with Gasteiger partial charge in [-0.15, -0.1) is 0 Å². The Balaban J connectivity index is 1.51. The minimum atomic E-state index is -4.13. The van der Waals surface area contributed by atoms with Gasteiger partial charge in [0.2, 0.25) is 15.9 Å². The van der Waals surface area contributed by atoms with E-state index in [1.165, 1.54) is 4.31 Å². The van der Waals surface area contributed by atoms with Gasteiger partial charge in [0.1, 0.15) is 11.4 Å². The molecule has 39 heavy (non-hydrogen) atoms. The lowest BCUT2D eigenvalue weighted by Gasteiger charge is -2.34. The van der Waals surface area contributed by atoms with Crippen LogP contribution in [0.5, 0.6) is 0 Å². The van der Waals surface area contributed by atoms with E-state index in [1.807, 2.05) is 26.0 Å². The highest BCUT2D eigenvalue weighted by molar-refractivity contribution is 7.89. The molecule has 1 aromatic rings. The third-order valence-electron chi connectivity index (χ3n) is 7.51. The van der Waals surface area contributed by atoms with Crippen LogP contribution in [0.2, 0.25) is 0 Å². The number of anilines is 1. The first-order chi connectivity index (χ1) is 18.2. The predicted octanol–water partition coefficient (Wildman–Crippen LogP) is 4.79. The van der Waals surface area contributed by atoms with E-state index in [4.69, 9.17) is 0 Å². The Labute approximate surface area is 228 Å². The number of unbranched alkanes of at least 4 members (excludes halogenated alkanes) is 3. The van der Waals surface area contributed by atoms with Gasteiger partial charge < -0.3 is 10.6 Å². The molecule has 0 saturated carbocycles. The molecule has 0 atom stereocenters. The molecule has 2 aliphatic heterocycles. The fraction of sp³-hybridized carbons (Fsp3) is 0.667. The van der Waals surface area contributed by atoms with Gasteiger partial charge in [0.05, 0.1) is 5.75 Å². The number of nitrogens with zero attached hydrogens (tertiary/aromatic N) is 2. The number of carbonyl (C=O) groups is 2. The molecule has 1 spiro atoms. The first-order valence-corrected chi connectivity index (χ1v) is 15.2. The van der Waals surface area contributed by atoms with Gasteiger partial charge in [-0.3, -0.25) is 14.6 Å². The van der Waals surface area contributed by atoms with Crippen molar-refractivity contribution in [1.82, 2.24) is 9.62 Å². The summed E-state index contributed by atoms with van der Waals surface area (Å²) in [5.41, 5.74) is 2.49. The second kappa shape index (κ2) is 12.8. The van der Waals surface area contributed by atoms with Gasteiger partial charge in [-0.2, -0.15) is 13.2 Å². The van der Waals surface area contributed by atoms with Crippen LogP contribution in [-0.4, -0.2) is 60.9 Å². The number of halogens is 3. The van der Waals surface area contributed by atoms with E-state index in [2.05, 4.69) is 15.6 Å². The van der Waals surface area contributed by atoms with Crippen LogP contribution >= 0.6 is 0 Å². The smallest absolute Gasteiger partial charge is 0.326 e. The standard InChI is InChI=1S/C27H39F3N4O4S/c1-4-24(35)31-21-17-19(2)22(20(3)18-21)10-16-39(37,38)34-14-12-26(13-15-34)25(36)32-23(33-26)9-7-5-6-8-11-27(28,29)30/h17-18H,4-16H2,1-3H3,(H,31,35)(H,32,33,36). The van der Waals surface area contributed by atoms with Crippen molar-refractivity contribution in [3.63, 3.8) is 0 Å². The zero-order valence-electron chi connectivity index (χ0n) is 22.9. The van der Waals surface area contributed by atoms with Crippen molar-refractivity contribution >= 4 is 33.4 Å². The molecule has 1 fully saturated rings. The molecule has 2 N–H and O–H groups in total. The van der Waals surface area contributed by atoms with Crippen molar-refractivity contribution < 1.29 is 31.2 Å². The number of amides is 2. The van der Waals surface area contributed by atoms with Crippen molar-refractivity contribution in [2.24, 2.45) is 4.99 Å². The topological polar surface area (TPSA) is 108 Å². The fourth-order valence-electron chi connectivity index (χ4n) is 5.22. The zero-order chi connectivity index (χ0) is 28.8. The van der Waals surface area contributed by atoms with E-state index in [1.54, 1.807) is 6.92 Å². The Morgan fingerprint density at radius 1 is 1.08 bits per heavy atom. The summed E-state index contributed by atoms with van der Waals surface area (Å²) in [7, 11) is -3.56. The molecule has 3 rings (SSSR count). The average molecular weight is 573 g/mol. The molecule has 0 aliphatic carbocycles. The summed E-state index contributed by atoms with van der Waals surface area (Å²) in [6.07, 6.45) is -1.30. The first kappa shape index (κ1) is 31.1. The highest BCUT2D eigenvalue weighted by Gasteiger charge is 2.47. The third-order valence-corrected chi connectivity index (χ3v) is 9.38. The van der Waals surface area contributed by atoms with Crippen LogP contribution in [0.25, 0.3) is 0 Å². The second-order valence-corrected chi connectivity index (χ2v) is 12.6. The van der Waals surface area contributed by atoms with Crippen molar-refractivity contribution in [2.75, 3.05) is 24.2 Å². The lowest BCUT2D eigenvalue weighted by molar-refractivity contribution is -0.135. The quantitative estimate of drug-likeness (QED) is 0.351. The molecular formula is C27H39F3N4O4S. The summed E-state index contributed by atoms with van der Waals surface area (Å²) < 4.78 is 64.4. The molecule has 2 heterocycles. The summed E-state index contributed by atoms with van der Waals surface area (Å²) in [6, 6.07) is 3.70. The Morgan fingerprint density at radius 2 is 1.69 bits per heavy atom. The Kier molecular flexibility index (Phi) is 10.2. The minimum Gasteiger partial charge on any atom is -0.326 e. The number of aryl methyl sites for hydroxylation is 2. The maximum absolute atomic E-state index is 13.1. The van der Waals surface area contributed by atoms with Crippen LogP contribution in [0.3, 0.4) is 0 Å². The first-order valence-electron chi connectivity index (χ1n) is 13.6. The number of hydrogen-bond acceptors (Lipinski definition) is 5. The van der Waals surface area contributed by atoms with Crippen molar-refractivity contribution in [2.45, 2.75) is 96.7 Å². The third kappa shape index (κ3) is 8.51. The fourth-order valence-corrected chi connectivity index (χ4v) is 6.68. The van der Waals surface area contributed by atoms with Gasteiger partial charge in [0, 0.05) is 38.0 Å². The number of nitrogens with one attached hydrogen (secondary N) is 2. The van der Waals surface area contributed by atoms with E-state index >= 15 is 0 Å². The maximum atomic E-state index is 13.1. The molecule has 2 amide bonds. The number of aliphatic imine (C=N–C) groups is 1. The maximum Gasteiger partial charge on any atom is 0.389 e. The molecule has 0 unspecified atom stereocenters. The van der Waals surface area contributed by atoms with Crippen molar-refractivity contribution in [1.29, 1.82) is 0 Å². The highest BCUT2D eigenvalue weighted by atomic mass is 32.2. The number of piperidine rings is 1. The molecule has 1 saturated heterocycles. The molecule has 218 valence electrons. The van der Waals surface area contributed by atoms with Gasteiger partial charge in [-0.1, -0.05) is 19.8 Å². The van der Waals surface area contributed by atoms with E-state index in [0.29, 0.717) is 50.0 Å². The molecule has 2 aliphatic rings. The average Bonchev–Trinajstić information content (AvgIpc) is 3.14. The van der Waals surface area contributed by atoms with Gasteiger partial charge in [-0.05, 0) is 74.8 Å². The monoisotopic (exact) mass is 572 g/mol. The Hall–Kier alpha value is -2.47. The molecule has 8 nitrogen and oxygen atoms in total. The molecule has 0 radical (unpaired) electrons. The van der Waals surface area contributed by atoms with E-state index < -0.39 is 28.2 Å². The van der Waals surface area contributed by atoms with E-state index in [9.17, 15) is 31.2 Å². The van der Waals surface area contributed by atoms with Gasteiger partial charge >= 0.3 is 6.18 Å². The summed E-state index contributed by atoms with van der Waals surface area (Å²) in [5, 5.41) is 5.63. The van der Waals surface area contributed by atoms with Crippen LogP contribution in [-0.2, 0) is 26.0 Å². The van der Waals surface area contributed by atoms with Crippen LogP contribution in [0, 0.1) is 13.8 Å². The summed E-state index contributed by atoms with van der Waals surface area (Å²) in [4.78, 5) is 29.0. The number of sulfonamides is 1. The SMILES string of the molecule is CCC(=O)Nc1cc(C)c(CCS(=O)(=O)N2CCC3(CC2)N=C(CCCCCCC(F)(F)F)NC3=O)c(C)c1. The van der Waals surface area contributed by atoms with Gasteiger partial charge in [0.15, 0.2) is 0 Å². The lowest BCUT2D eigenvalue weighted by Crippen LogP contribution is -2.50. The summed E-state index contributed by atoms with van der Waals surface area (Å²) >= 11 is 0. The number of amidine groups is 1. The Bertz CT molecular complexity index is 1170. The molecule has 0 bridgehead atoms. The highest BCUT2D eigenvalue weighted by Crippen LogP contribution is 2.32. The van der Waals surface area contributed by atoms with Crippen molar-refractivity contribution in [3.05, 3.63) is 28.8 Å². The minimum absolute atomic E-state index is 0.0581. The number of rotatable bonds is 12. The molecule has 0 aromatic heterocycles. The van der Waals surface area contributed by atoms with Gasteiger partial charge in [0.25, 0.3) is 5.91 Å². The molecule has 12 heteroatoms. The second-order valence-electron chi connectivity index (χ2n) is 10.5. The van der Waals surface area contributed by atoms with Crippen LogP contribution in [0.15, 0.2) is 17.1 Å². The van der Waals surface area contributed by atoms with Gasteiger partial charge in [-0.25, -0.2) is 12.7 Å². The largest absolute Gasteiger partial charge is 0.389 e. The van der Waals surface area contributed by atoms with Crippen LogP contribution in [0.4, 0.5) is 18.9 Å². The van der Waals surface area contributed by atoms with Crippen molar-refractivity contribution in [3.8, 4) is 0 Å². The number of hydrogen-bond donors (Lipinski definition) is 2.